The van der Waals surface area contributed by atoms with Crippen molar-refractivity contribution in [2.24, 2.45) is 0 Å². The molecule has 1 atom stereocenters. The molecule has 86 valence electrons. The minimum absolute atomic E-state index is 0.0887. The molecule has 1 amide bonds. The van der Waals surface area contributed by atoms with E-state index in [0.29, 0.717) is 0 Å². The van der Waals surface area contributed by atoms with Crippen molar-refractivity contribution in [1.29, 1.82) is 0 Å². The summed E-state index contributed by atoms with van der Waals surface area (Å²) in [6, 6.07) is 3.41. The average Bonchev–Trinajstić information content (AvgIpc) is 2.19. The quantitative estimate of drug-likeness (QED) is 0.717. The van der Waals surface area contributed by atoms with Gasteiger partial charge in [-0.05, 0) is 6.07 Å². The molecule has 1 unspecified atom stereocenters. The summed E-state index contributed by atoms with van der Waals surface area (Å²) in [5.74, 6) is -1.62. The highest BCUT2D eigenvalue weighted by atomic mass is 16.4. The number of hydrogen-bond acceptors (Lipinski definition) is 3. The van der Waals surface area contributed by atoms with Crippen LogP contribution in [0.4, 0.5) is 0 Å². The first-order chi connectivity index (χ1) is 7.50. The molecule has 0 saturated heterocycles. The molecule has 0 fully saturated rings. The van der Waals surface area contributed by atoms with Gasteiger partial charge in [0.2, 0.25) is 5.91 Å². The lowest BCUT2D eigenvalue weighted by Crippen LogP contribution is -2.44. The molecule has 0 aromatic carbocycles. The second-order valence-corrected chi connectivity index (χ2v) is 3.28. The number of carbonyl (C=O) groups excluding carboxylic acids is 1. The third-order valence-corrected chi connectivity index (χ3v) is 1.95. The van der Waals surface area contributed by atoms with E-state index in [0.717, 1.165) is 0 Å². The van der Waals surface area contributed by atoms with Crippen LogP contribution in [0.15, 0.2) is 29.2 Å². The fraction of sp³-hybridized carbons (Fsp3) is 0.300. The molecular formula is C10H12N2O4. The highest BCUT2D eigenvalue weighted by Gasteiger charge is 2.18. The van der Waals surface area contributed by atoms with Crippen LogP contribution in [0.1, 0.15) is 6.92 Å². The lowest BCUT2D eigenvalue weighted by atomic mass is 10.3. The Labute approximate surface area is 91.5 Å². The van der Waals surface area contributed by atoms with Crippen molar-refractivity contribution >= 4 is 11.9 Å². The zero-order valence-electron chi connectivity index (χ0n) is 8.71. The maximum atomic E-state index is 11.3. The molecule has 1 aromatic heterocycles. The van der Waals surface area contributed by atoms with Gasteiger partial charge in [0.1, 0.15) is 6.04 Å². The van der Waals surface area contributed by atoms with Crippen molar-refractivity contribution < 1.29 is 14.7 Å². The Hall–Kier alpha value is -2.11. The fourth-order valence-corrected chi connectivity index (χ4v) is 1.24. The highest BCUT2D eigenvalue weighted by Crippen LogP contribution is 1.91. The molecule has 1 rings (SSSR count). The van der Waals surface area contributed by atoms with Gasteiger partial charge in [0, 0.05) is 19.2 Å². The zero-order chi connectivity index (χ0) is 12.1. The van der Waals surface area contributed by atoms with Crippen molar-refractivity contribution in [2.75, 3.05) is 0 Å². The second-order valence-electron chi connectivity index (χ2n) is 3.28. The van der Waals surface area contributed by atoms with E-state index in [1.807, 2.05) is 0 Å². The Morgan fingerprint density at radius 3 is 2.69 bits per heavy atom. The first kappa shape index (κ1) is 12.0. The van der Waals surface area contributed by atoms with E-state index in [2.05, 4.69) is 5.32 Å². The van der Waals surface area contributed by atoms with Gasteiger partial charge in [0.25, 0.3) is 5.56 Å². The molecule has 0 bridgehead atoms. The number of carbonyl (C=O) groups is 2. The molecule has 0 aliphatic rings. The SMILES string of the molecule is CC(=O)NC(Cn1ccccc1=O)C(=O)O. The second kappa shape index (κ2) is 5.11. The predicted octanol–water partition coefficient (Wildman–Crippen LogP) is -0.562. The molecule has 0 aliphatic heterocycles. The predicted molar refractivity (Wildman–Crippen MR) is 55.9 cm³/mol. The molecular weight excluding hydrogens is 212 g/mol. The number of nitrogens with one attached hydrogen (secondary N) is 1. The Morgan fingerprint density at radius 1 is 1.50 bits per heavy atom. The minimum Gasteiger partial charge on any atom is -0.480 e. The van der Waals surface area contributed by atoms with Crippen LogP contribution in [0.25, 0.3) is 0 Å². The van der Waals surface area contributed by atoms with Gasteiger partial charge in [0.15, 0.2) is 0 Å². The topological polar surface area (TPSA) is 88.4 Å². The molecule has 0 radical (unpaired) electrons. The first-order valence-electron chi connectivity index (χ1n) is 4.66. The van der Waals surface area contributed by atoms with Crippen molar-refractivity contribution in [3.8, 4) is 0 Å². The van der Waals surface area contributed by atoms with Crippen molar-refractivity contribution in [2.45, 2.75) is 19.5 Å². The third kappa shape index (κ3) is 3.23. The van der Waals surface area contributed by atoms with Gasteiger partial charge in [-0.2, -0.15) is 0 Å². The monoisotopic (exact) mass is 224 g/mol. The maximum Gasteiger partial charge on any atom is 0.328 e. The lowest BCUT2D eigenvalue weighted by Gasteiger charge is -2.14. The summed E-state index contributed by atoms with van der Waals surface area (Å²) >= 11 is 0. The Balaban J connectivity index is 2.84. The van der Waals surface area contributed by atoms with Gasteiger partial charge in [-0.25, -0.2) is 4.79 Å². The van der Waals surface area contributed by atoms with E-state index in [1.54, 1.807) is 12.1 Å². The summed E-state index contributed by atoms with van der Waals surface area (Å²) in [7, 11) is 0. The third-order valence-electron chi connectivity index (χ3n) is 1.95. The largest absolute Gasteiger partial charge is 0.480 e. The van der Waals surface area contributed by atoms with Crippen LogP contribution in [0.3, 0.4) is 0 Å². The molecule has 0 saturated carbocycles. The molecule has 1 aromatic rings. The Morgan fingerprint density at radius 2 is 2.19 bits per heavy atom. The van der Waals surface area contributed by atoms with Crippen molar-refractivity contribution in [3.63, 3.8) is 0 Å². The van der Waals surface area contributed by atoms with E-state index in [9.17, 15) is 14.4 Å². The van der Waals surface area contributed by atoms with E-state index in [4.69, 9.17) is 5.11 Å². The van der Waals surface area contributed by atoms with Gasteiger partial charge in [0.05, 0.1) is 6.54 Å². The number of aromatic nitrogens is 1. The molecule has 1 heterocycles. The normalized spacial score (nSPS) is 11.8. The molecule has 6 nitrogen and oxygen atoms in total. The fourth-order valence-electron chi connectivity index (χ4n) is 1.24. The smallest absolute Gasteiger partial charge is 0.328 e. The summed E-state index contributed by atoms with van der Waals surface area (Å²) in [6.45, 7) is 1.14. The van der Waals surface area contributed by atoms with E-state index < -0.39 is 17.9 Å². The molecule has 0 aliphatic carbocycles. The van der Waals surface area contributed by atoms with Gasteiger partial charge in [-0.15, -0.1) is 0 Å². The first-order valence-corrected chi connectivity index (χ1v) is 4.66. The van der Waals surface area contributed by atoms with Crippen LogP contribution < -0.4 is 10.9 Å². The standard InChI is InChI=1S/C10H12N2O4/c1-7(13)11-8(10(15)16)6-12-5-3-2-4-9(12)14/h2-5,8H,6H2,1H3,(H,11,13)(H,15,16). The lowest BCUT2D eigenvalue weighted by molar-refractivity contribution is -0.141. The van der Waals surface area contributed by atoms with E-state index in [1.165, 1.54) is 23.8 Å². The highest BCUT2D eigenvalue weighted by molar-refractivity contribution is 5.81. The molecule has 2 N–H and O–H groups in total. The average molecular weight is 224 g/mol. The van der Waals surface area contributed by atoms with Crippen LogP contribution in [0.5, 0.6) is 0 Å². The molecule has 0 spiro atoms. The number of rotatable bonds is 4. The van der Waals surface area contributed by atoms with Gasteiger partial charge >= 0.3 is 5.97 Å². The van der Waals surface area contributed by atoms with Crippen LogP contribution in [-0.4, -0.2) is 27.6 Å². The Bertz CT molecular complexity index is 452. The number of amides is 1. The zero-order valence-corrected chi connectivity index (χ0v) is 8.71. The van der Waals surface area contributed by atoms with Crippen LogP contribution in [0.2, 0.25) is 0 Å². The minimum atomic E-state index is -1.18. The van der Waals surface area contributed by atoms with Crippen LogP contribution in [-0.2, 0) is 16.1 Å². The maximum absolute atomic E-state index is 11.3. The van der Waals surface area contributed by atoms with Gasteiger partial charge < -0.3 is 15.0 Å². The number of aliphatic carboxylic acids is 1. The summed E-state index contributed by atoms with van der Waals surface area (Å²) < 4.78 is 1.23. The number of pyridine rings is 1. The van der Waals surface area contributed by atoms with Crippen LogP contribution in [0, 0.1) is 0 Å². The summed E-state index contributed by atoms with van der Waals surface area (Å²) in [4.78, 5) is 32.9. The van der Waals surface area contributed by atoms with Crippen molar-refractivity contribution in [3.05, 3.63) is 34.7 Å². The number of carboxylic acids is 1. The van der Waals surface area contributed by atoms with E-state index in [-0.39, 0.29) is 12.1 Å². The summed E-state index contributed by atoms with van der Waals surface area (Å²) in [5.41, 5.74) is -0.306. The Kier molecular flexibility index (Phi) is 3.82. The van der Waals surface area contributed by atoms with E-state index >= 15 is 0 Å². The van der Waals surface area contributed by atoms with Gasteiger partial charge in [-0.3, -0.25) is 9.59 Å². The molecule has 6 heteroatoms. The van der Waals surface area contributed by atoms with Crippen LogP contribution >= 0.6 is 0 Å². The number of nitrogens with zero attached hydrogens (tertiary/aromatic N) is 1. The summed E-state index contributed by atoms with van der Waals surface area (Å²) in [5, 5.41) is 11.1. The summed E-state index contributed by atoms with van der Waals surface area (Å²) in [6.07, 6.45) is 1.47. The van der Waals surface area contributed by atoms with Crippen molar-refractivity contribution in [1.82, 2.24) is 9.88 Å². The van der Waals surface area contributed by atoms with Gasteiger partial charge in [-0.1, -0.05) is 6.07 Å². The number of hydrogen-bond donors (Lipinski definition) is 2. The number of carboxylic acid groups (broad SMARTS) is 1. The molecule has 16 heavy (non-hydrogen) atoms.